The number of ether oxygens (including phenoxy) is 1. The van der Waals surface area contributed by atoms with Gasteiger partial charge in [-0.3, -0.25) is 0 Å². The van der Waals surface area contributed by atoms with Gasteiger partial charge in [-0.2, -0.15) is 13.2 Å². The minimum atomic E-state index is -5.08. The van der Waals surface area contributed by atoms with Crippen LogP contribution in [0.4, 0.5) is 24.5 Å². The Kier molecular flexibility index (Phi) is 10.8. The van der Waals surface area contributed by atoms with Crippen LogP contribution < -0.4 is 15.0 Å². The first-order valence-corrected chi connectivity index (χ1v) is 12.7. The Morgan fingerprint density at radius 3 is 2.17 bits per heavy atom. The topological polar surface area (TPSA) is 115 Å². The monoisotopic (exact) mass is 592 g/mol. The van der Waals surface area contributed by atoms with Crippen LogP contribution in [0.2, 0.25) is 5.02 Å². The zero-order valence-electron chi connectivity index (χ0n) is 21.9. The molecule has 218 valence electrons. The highest BCUT2D eigenvalue weighted by atomic mass is 35.5. The first kappa shape index (κ1) is 31.1. The molecule has 1 heterocycles. The summed E-state index contributed by atoms with van der Waals surface area (Å²) in [5, 5.41) is 20.4. The van der Waals surface area contributed by atoms with Crippen molar-refractivity contribution in [1.29, 1.82) is 0 Å². The van der Waals surface area contributed by atoms with Gasteiger partial charge < -0.3 is 30.1 Å². The van der Waals surface area contributed by atoms with Gasteiger partial charge in [0.25, 0.3) is 0 Å². The molecule has 41 heavy (non-hydrogen) atoms. The molecule has 0 amide bonds. The summed E-state index contributed by atoms with van der Waals surface area (Å²) in [7, 11) is 1.65. The third kappa shape index (κ3) is 9.60. The molecule has 0 spiro atoms. The number of nitrogens with zero attached hydrogens (tertiary/aromatic N) is 3. The number of aromatic carboxylic acids is 1. The lowest BCUT2D eigenvalue weighted by atomic mass is 10.2. The molecule has 4 rings (SSSR count). The molecule has 3 aromatic carbocycles. The Morgan fingerprint density at radius 1 is 0.976 bits per heavy atom. The molecule has 9 nitrogen and oxygen atoms in total. The second-order valence-electron chi connectivity index (χ2n) is 8.76. The van der Waals surface area contributed by atoms with E-state index in [9.17, 15) is 23.1 Å². The molecule has 3 aromatic rings. The van der Waals surface area contributed by atoms with Crippen molar-refractivity contribution in [3.05, 3.63) is 88.9 Å². The number of halogens is 4. The van der Waals surface area contributed by atoms with Gasteiger partial charge in [0.05, 0.1) is 19.2 Å². The molecule has 0 atom stereocenters. The summed E-state index contributed by atoms with van der Waals surface area (Å²) in [6.45, 7) is 3.71. The maximum Gasteiger partial charge on any atom is 0.490 e. The van der Waals surface area contributed by atoms with Crippen LogP contribution in [0.3, 0.4) is 0 Å². The van der Waals surface area contributed by atoms with Crippen molar-refractivity contribution < 1.29 is 37.7 Å². The van der Waals surface area contributed by atoms with E-state index in [1.165, 1.54) is 0 Å². The van der Waals surface area contributed by atoms with Crippen LogP contribution in [0, 0.1) is 0 Å². The van der Waals surface area contributed by atoms with E-state index in [1.54, 1.807) is 31.4 Å². The highest BCUT2D eigenvalue weighted by Crippen LogP contribution is 2.22. The highest BCUT2D eigenvalue weighted by molar-refractivity contribution is 6.30. The largest absolute Gasteiger partial charge is 0.497 e. The smallest absolute Gasteiger partial charge is 0.490 e. The summed E-state index contributed by atoms with van der Waals surface area (Å²) in [5.74, 6) is -2.17. The molecule has 1 fully saturated rings. The second-order valence-corrected chi connectivity index (χ2v) is 9.19. The van der Waals surface area contributed by atoms with Gasteiger partial charge in [0, 0.05) is 42.6 Å². The highest BCUT2D eigenvalue weighted by Gasteiger charge is 2.38. The number of rotatable bonds is 6. The fraction of sp³-hybridized carbons (Fsp3) is 0.250. The van der Waals surface area contributed by atoms with Gasteiger partial charge in [0.1, 0.15) is 5.75 Å². The van der Waals surface area contributed by atoms with Crippen LogP contribution in [0.15, 0.2) is 77.8 Å². The molecule has 1 saturated heterocycles. The van der Waals surface area contributed by atoms with E-state index in [1.807, 2.05) is 42.5 Å². The number of nitrogens with one attached hydrogen (secondary N) is 1. The molecule has 0 bridgehead atoms. The van der Waals surface area contributed by atoms with E-state index in [-0.39, 0.29) is 5.56 Å². The SMILES string of the molecule is COc1cccc(CN=C(Nc2ccc(C(=O)O)cc2)N2CCN(c3cccc(Cl)c3)CC2)c1.O=C(O)C(F)(F)F. The fourth-order valence-corrected chi connectivity index (χ4v) is 4.01. The van der Waals surface area contributed by atoms with Crippen molar-refractivity contribution >= 4 is 40.9 Å². The van der Waals surface area contributed by atoms with Gasteiger partial charge in [0.2, 0.25) is 0 Å². The van der Waals surface area contributed by atoms with Crippen LogP contribution in [-0.4, -0.2) is 72.5 Å². The number of aliphatic carboxylic acids is 1. The third-order valence-corrected chi connectivity index (χ3v) is 6.16. The Labute approximate surface area is 239 Å². The first-order chi connectivity index (χ1) is 19.5. The van der Waals surface area contributed by atoms with Crippen LogP contribution in [0.5, 0.6) is 5.75 Å². The summed E-state index contributed by atoms with van der Waals surface area (Å²) in [5.41, 5.74) is 3.18. The minimum absolute atomic E-state index is 0.246. The van der Waals surface area contributed by atoms with E-state index in [0.717, 1.165) is 59.8 Å². The summed E-state index contributed by atoms with van der Waals surface area (Å²) >= 11 is 6.17. The van der Waals surface area contributed by atoms with E-state index >= 15 is 0 Å². The van der Waals surface area contributed by atoms with Crippen molar-refractivity contribution in [2.75, 3.05) is 43.5 Å². The summed E-state index contributed by atoms with van der Waals surface area (Å²) in [4.78, 5) is 29.5. The van der Waals surface area contributed by atoms with Crippen LogP contribution >= 0.6 is 11.6 Å². The molecular weight excluding hydrogens is 565 g/mol. The van der Waals surface area contributed by atoms with E-state index < -0.39 is 18.1 Å². The van der Waals surface area contributed by atoms with Gasteiger partial charge in [-0.15, -0.1) is 0 Å². The second kappa shape index (κ2) is 14.3. The summed E-state index contributed by atoms with van der Waals surface area (Å²) in [6, 6.07) is 22.4. The molecule has 1 aliphatic heterocycles. The van der Waals surface area contributed by atoms with Crippen LogP contribution in [0.1, 0.15) is 15.9 Å². The maximum atomic E-state index is 11.2. The number of alkyl halides is 3. The van der Waals surface area contributed by atoms with Gasteiger partial charge in [0.15, 0.2) is 5.96 Å². The molecule has 13 heteroatoms. The third-order valence-electron chi connectivity index (χ3n) is 5.93. The fourth-order valence-electron chi connectivity index (χ4n) is 3.83. The van der Waals surface area contributed by atoms with Gasteiger partial charge in [-0.05, 0) is 60.2 Å². The zero-order chi connectivity index (χ0) is 30.0. The number of carboxylic acid groups (broad SMARTS) is 2. The van der Waals surface area contributed by atoms with E-state index in [0.29, 0.717) is 6.54 Å². The lowest BCUT2D eigenvalue weighted by Gasteiger charge is -2.37. The minimum Gasteiger partial charge on any atom is -0.497 e. The van der Waals surface area contributed by atoms with E-state index in [2.05, 4.69) is 21.2 Å². The molecule has 0 aromatic heterocycles. The van der Waals surface area contributed by atoms with Crippen LogP contribution in [-0.2, 0) is 11.3 Å². The average molecular weight is 593 g/mol. The number of guanidine groups is 1. The predicted molar refractivity (Wildman–Crippen MR) is 150 cm³/mol. The van der Waals surface area contributed by atoms with Gasteiger partial charge in [-0.1, -0.05) is 29.8 Å². The molecular formula is C28H28ClF3N4O5. The number of methoxy groups -OCH3 is 1. The quantitative estimate of drug-likeness (QED) is 0.255. The number of carboxylic acids is 2. The van der Waals surface area contributed by atoms with E-state index in [4.69, 9.17) is 31.2 Å². The number of anilines is 2. The first-order valence-electron chi connectivity index (χ1n) is 12.3. The van der Waals surface area contributed by atoms with Crippen molar-refractivity contribution in [3.63, 3.8) is 0 Å². The number of piperazine rings is 1. The van der Waals surface area contributed by atoms with Crippen molar-refractivity contribution in [1.82, 2.24) is 4.90 Å². The predicted octanol–water partition coefficient (Wildman–Crippen LogP) is 5.47. The van der Waals surface area contributed by atoms with Crippen LogP contribution in [0.25, 0.3) is 0 Å². The van der Waals surface area contributed by atoms with Crippen molar-refractivity contribution in [2.24, 2.45) is 4.99 Å². The molecule has 0 radical (unpaired) electrons. The molecule has 0 unspecified atom stereocenters. The average Bonchev–Trinajstić information content (AvgIpc) is 2.95. The standard InChI is InChI=1S/C26H27ClN4O3.C2HF3O2/c1-34-24-7-2-4-19(16-24)18-28-26(29-22-10-8-20(9-11-22)25(32)33)31-14-12-30(13-15-31)23-6-3-5-21(27)17-23;3-2(4,5)1(6)7/h2-11,16-17H,12-15,18H2,1H3,(H,28,29)(H,32,33);(H,6,7). The number of benzene rings is 3. The number of aliphatic imine (C=N–C) groups is 1. The normalized spacial score (nSPS) is 13.6. The maximum absolute atomic E-state index is 11.2. The summed E-state index contributed by atoms with van der Waals surface area (Å²) < 4.78 is 37.1. The number of hydrogen-bond acceptors (Lipinski definition) is 5. The molecule has 3 N–H and O–H groups in total. The summed E-state index contributed by atoms with van der Waals surface area (Å²) in [6.07, 6.45) is -5.08. The zero-order valence-corrected chi connectivity index (χ0v) is 22.7. The molecule has 1 aliphatic rings. The number of carbonyl (C=O) groups is 2. The Bertz CT molecular complexity index is 1360. The lowest BCUT2D eigenvalue weighted by Crippen LogP contribution is -2.50. The van der Waals surface area contributed by atoms with Crippen molar-refractivity contribution in [3.8, 4) is 5.75 Å². The van der Waals surface area contributed by atoms with Crippen molar-refractivity contribution in [2.45, 2.75) is 12.7 Å². The Morgan fingerprint density at radius 2 is 1.61 bits per heavy atom. The molecule has 0 aliphatic carbocycles. The Balaban J connectivity index is 0.000000587. The lowest BCUT2D eigenvalue weighted by molar-refractivity contribution is -0.192. The van der Waals surface area contributed by atoms with Gasteiger partial charge >= 0.3 is 18.1 Å². The van der Waals surface area contributed by atoms with Gasteiger partial charge in [-0.25, -0.2) is 14.6 Å². The Hall–Kier alpha value is -4.45. The number of hydrogen-bond donors (Lipinski definition) is 3. The molecule has 0 saturated carbocycles.